The molecule has 0 radical (unpaired) electrons. The summed E-state index contributed by atoms with van der Waals surface area (Å²) in [5.74, 6) is 1.20. The number of rotatable bonds is 8. The number of aromatic nitrogens is 2. The first kappa shape index (κ1) is 14.9. The third kappa shape index (κ3) is 3.33. The van der Waals surface area contributed by atoms with Gasteiger partial charge in [0.15, 0.2) is 0 Å². The molecule has 0 bridgehead atoms. The number of nitrogen functional groups attached to an aromatic ring is 1. The lowest BCUT2D eigenvalue weighted by Gasteiger charge is -2.09. The van der Waals surface area contributed by atoms with E-state index in [1.807, 2.05) is 12.1 Å². The van der Waals surface area contributed by atoms with Crippen LogP contribution in [0.4, 0.5) is 5.69 Å². The van der Waals surface area contributed by atoms with Gasteiger partial charge in [-0.2, -0.15) is 0 Å². The van der Waals surface area contributed by atoms with Gasteiger partial charge in [-0.15, -0.1) is 0 Å². The average Bonchev–Trinajstić information content (AvgIpc) is 2.81. The number of benzene rings is 1. The lowest BCUT2D eigenvalue weighted by atomic mass is 10.2. The van der Waals surface area contributed by atoms with Gasteiger partial charge in [-0.1, -0.05) is 45.6 Å². The molecule has 2 N–H and O–H groups in total. The standard InChI is InChI=1S/C17H27N3/c1-3-5-7-8-13-20-15-11-9-10-14(18)17(15)19-16(20)12-6-4-2/h9-11H,3-8,12-13,18H2,1-2H3. The molecule has 0 unspecified atom stereocenters. The molecule has 1 aromatic heterocycles. The number of para-hydroxylation sites is 1. The Morgan fingerprint density at radius 3 is 2.60 bits per heavy atom. The van der Waals surface area contributed by atoms with Gasteiger partial charge in [0.05, 0.1) is 11.2 Å². The molecule has 0 spiro atoms. The van der Waals surface area contributed by atoms with Gasteiger partial charge in [0, 0.05) is 13.0 Å². The van der Waals surface area contributed by atoms with Crippen molar-refractivity contribution in [1.29, 1.82) is 0 Å². The van der Waals surface area contributed by atoms with Crippen LogP contribution in [-0.2, 0) is 13.0 Å². The van der Waals surface area contributed by atoms with Crippen LogP contribution in [0, 0.1) is 0 Å². The summed E-state index contributed by atoms with van der Waals surface area (Å²) in [6.45, 7) is 5.54. The molecule has 3 nitrogen and oxygen atoms in total. The summed E-state index contributed by atoms with van der Waals surface area (Å²) in [4.78, 5) is 4.79. The fourth-order valence-electron chi connectivity index (χ4n) is 2.69. The fraction of sp³-hybridized carbons (Fsp3) is 0.588. The molecule has 3 heteroatoms. The second-order valence-electron chi connectivity index (χ2n) is 5.56. The van der Waals surface area contributed by atoms with E-state index in [-0.39, 0.29) is 0 Å². The number of nitrogens with zero attached hydrogens (tertiary/aromatic N) is 2. The van der Waals surface area contributed by atoms with Crippen LogP contribution < -0.4 is 5.73 Å². The number of hydrogen-bond donors (Lipinski definition) is 1. The first-order valence-corrected chi connectivity index (χ1v) is 8.01. The molecule has 0 aliphatic rings. The number of anilines is 1. The summed E-state index contributed by atoms with van der Waals surface area (Å²) in [7, 11) is 0. The summed E-state index contributed by atoms with van der Waals surface area (Å²) in [5, 5.41) is 0. The van der Waals surface area contributed by atoms with Crippen molar-refractivity contribution < 1.29 is 0 Å². The lowest BCUT2D eigenvalue weighted by molar-refractivity contribution is 0.568. The zero-order valence-electron chi connectivity index (χ0n) is 12.9. The summed E-state index contributed by atoms with van der Waals surface area (Å²) in [6, 6.07) is 6.12. The Labute approximate surface area is 122 Å². The molecule has 0 aliphatic heterocycles. The van der Waals surface area contributed by atoms with Crippen molar-refractivity contribution in [2.75, 3.05) is 5.73 Å². The van der Waals surface area contributed by atoms with Gasteiger partial charge in [0.1, 0.15) is 11.3 Å². The third-order valence-corrected chi connectivity index (χ3v) is 3.88. The van der Waals surface area contributed by atoms with Crippen molar-refractivity contribution >= 4 is 16.7 Å². The van der Waals surface area contributed by atoms with Gasteiger partial charge < -0.3 is 10.3 Å². The van der Waals surface area contributed by atoms with Crippen molar-refractivity contribution in [3.05, 3.63) is 24.0 Å². The second-order valence-corrected chi connectivity index (χ2v) is 5.56. The van der Waals surface area contributed by atoms with Crippen LogP contribution in [0.1, 0.15) is 58.2 Å². The zero-order valence-corrected chi connectivity index (χ0v) is 12.9. The maximum absolute atomic E-state index is 6.07. The Hall–Kier alpha value is -1.51. The minimum Gasteiger partial charge on any atom is -0.397 e. The largest absolute Gasteiger partial charge is 0.397 e. The Morgan fingerprint density at radius 1 is 1.05 bits per heavy atom. The molecule has 0 saturated carbocycles. The smallest absolute Gasteiger partial charge is 0.112 e. The van der Waals surface area contributed by atoms with Gasteiger partial charge in [0.2, 0.25) is 0 Å². The van der Waals surface area contributed by atoms with Crippen LogP contribution in [-0.4, -0.2) is 9.55 Å². The minimum atomic E-state index is 0.799. The monoisotopic (exact) mass is 273 g/mol. The van der Waals surface area contributed by atoms with E-state index in [1.54, 1.807) is 0 Å². The first-order chi connectivity index (χ1) is 9.77. The van der Waals surface area contributed by atoms with E-state index in [4.69, 9.17) is 10.7 Å². The van der Waals surface area contributed by atoms with Crippen molar-refractivity contribution in [3.8, 4) is 0 Å². The molecule has 1 heterocycles. The van der Waals surface area contributed by atoms with Gasteiger partial charge in [-0.25, -0.2) is 4.98 Å². The Morgan fingerprint density at radius 2 is 1.85 bits per heavy atom. The van der Waals surface area contributed by atoms with E-state index in [9.17, 15) is 0 Å². The molecular weight excluding hydrogens is 246 g/mol. The highest BCUT2D eigenvalue weighted by Gasteiger charge is 2.11. The lowest BCUT2D eigenvalue weighted by Crippen LogP contribution is -2.04. The summed E-state index contributed by atoms with van der Waals surface area (Å²) >= 11 is 0. The van der Waals surface area contributed by atoms with Crippen molar-refractivity contribution in [1.82, 2.24) is 9.55 Å². The summed E-state index contributed by atoms with van der Waals surface area (Å²) < 4.78 is 2.39. The number of unbranched alkanes of at least 4 members (excludes halogenated alkanes) is 4. The zero-order chi connectivity index (χ0) is 14.4. The van der Waals surface area contributed by atoms with Gasteiger partial charge >= 0.3 is 0 Å². The molecule has 0 atom stereocenters. The molecular formula is C17H27N3. The van der Waals surface area contributed by atoms with E-state index in [2.05, 4.69) is 24.5 Å². The molecule has 0 fully saturated rings. The van der Waals surface area contributed by atoms with E-state index < -0.39 is 0 Å². The molecule has 0 saturated heterocycles. The summed E-state index contributed by atoms with van der Waals surface area (Å²) in [6.07, 6.45) is 8.57. The van der Waals surface area contributed by atoms with Gasteiger partial charge in [0.25, 0.3) is 0 Å². The Balaban J connectivity index is 2.24. The topological polar surface area (TPSA) is 43.8 Å². The van der Waals surface area contributed by atoms with E-state index >= 15 is 0 Å². The second kappa shape index (κ2) is 7.32. The molecule has 20 heavy (non-hydrogen) atoms. The molecule has 0 aliphatic carbocycles. The van der Waals surface area contributed by atoms with Crippen molar-refractivity contribution in [2.24, 2.45) is 0 Å². The maximum Gasteiger partial charge on any atom is 0.112 e. The number of nitrogens with two attached hydrogens (primary N) is 1. The van der Waals surface area contributed by atoms with Gasteiger partial charge in [-0.3, -0.25) is 0 Å². The Kier molecular flexibility index (Phi) is 5.45. The van der Waals surface area contributed by atoms with Crippen LogP contribution in [0.2, 0.25) is 0 Å². The fourth-order valence-corrected chi connectivity index (χ4v) is 2.69. The van der Waals surface area contributed by atoms with Crippen LogP contribution >= 0.6 is 0 Å². The predicted molar refractivity (Wildman–Crippen MR) is 86.9 cm³/mol. The number of hydrogen-bond acceptors (Lipinski definition) is 2. The normalized spacial score (nSPS) is 11.3. The van der Waals surface area contributed by atoms with E-state index in [1.165, 1.54) is 49.9 Å². The average molecular weight is 273 g/mol. The van der Waals surface area contributed by atoms with Gasteiger partial charge in [-0.05, 0) is 25.0 Å². The van der Waals surface area contributed by atoms with Crippen LogP contribution in [0.25, 0.3) is 11.0 Å². The predicted octanol–water partition coefficient (Wildman–Crippen LogP) is 4.54. The molecule has 2 aromatic rings. The third-order valence-electron chi connectivity index (χ3n) is 3.88. The molecule has 110 valence electrons. The Bertz CT molecular complexity index is 542. The highest BCUT2D eigenvalue weighted by Crippen LogP contribution is 2.23. The highest BCUT2D eigenvalue weighted by atomic mass is 15.1. The molecule has 0 amide bonds. The molecule has 1 aromatic carbocycles. The van der Waals surface area contributed by atoms with E-state index in [0.29, 0.717) is 0 Å². The quantitative estimate of drug-likeness (QED) is 0.567. The SMILES string of the molecule is CCCCCCn1c(CCCC)nc2c(N)cccc21. The van der Waals surface area contributed by atoms with Crippen molar-refractivity contribution in [2.45, 2.75) is 65.3 Å². The maximum atomic E-state index is 6.07. The summed E-state index contributed by atoms with van der Waals surface area (Å²) in [5.41, 5.74) is 9.05. The highest BCUT2D eigenvalue weighted by molar-refractivity contribution is 5.87. The van der Waals surface area contributed by atoms with Crippen LogP contribution in [0.15, 0.2) is 18.2 Å². The minimum absolute atomic E-state index is 0.799. The number of imidazole rings is 1. The van der Waals surface area contributed by atoms with Crippen molar-refractivity contribution in [3.63, 3.8) is 0 Å². The first-order valence-electron chi connectivity index (χ1n) is 8.01. The van der Waals surface area contributed by atoms with Crippen LogP contribution in [0.5, 0.6) is 0 Å². The number of aryl methyl sites for hydroxylation is 2. The number of fused-ring (bicyclic) bond motifs is 1. The van der Waals surface area contributed by atoms with E-state index in [0.717, 1.165) is 24.2 Å². The van der Waals surface area contributed by atoms with Crippen LogP contribution in [0.3, 0.4) is 0 Å². The molecule has 2 rings (SSSR count).